The average Bonchev–Trinajstić information content (AvgIpc) is 3.30. The van der Waals surface area contributed by atoms with E-state index in [1.54, 1.807) is 18.2 Å². The summed E-state index contributed by atoms with van der Waals surface area (Å²) in [6.45, 7) is 0.188. The highest BCUT2D eigenvalue weighted by Crippen LogP contribution is 2.33. The standard InChI is InChI=1S/C16H12Cl2F3N5/c17-10-3-1-2-8(11(10)18)6-26-7-22-12-13(23-9-4-5-9)24-15(16(19,20)21)25-14(12)26/h1-3,7,9H,4-6H2,(H,23,24,25). The van der Waals surface area contributed by atoms with Crippen molar-refractivity contribution >= 4 is 40.2 Å². The van der Waals surface area contributed by atoms with Gasteiger partial charge in [0.1, 0.15) is 5.52 Å². The van der Waals surface area contributed by atoms with Crippen LogP contribution in [0.5, 0.6) is 0 Å². The van der Waals surface area contributed by atoms with Gasteiger partial charge in [0.15, 0.2) is 11.5 Å². The van der Waals surface area contributed by atoms with Gasteiger partial charge in [-0.25, -0.2) is 15.0 Å². The van der Waals surface area contributed by atoms with Crippen molar-refractivity contribution in [2.24, 2.45) is 0 Å². The summed E-state index contributed by atoms with van der Waals surface area (Å²) in [6, 6.07) is 5.23. The fourth-order valence-electron chi connectivity index (χ4n) is 2.56. The molecule has 5 nitrogen and oxygen atoms in total. The Labute approximate surface area is 156 Å². The van der Waals surface area contributed by atoms with Gasteiger partial charge in [0.25, 0.3) is 0 Å². The smallest absolute Gasteiger partial charge is 0.365 e. The van der Waals surface area contributed by atoms with E-state index in [1.165, 1.54) is 10.9 Å². The van der Waals surface area contributed by atoms with E-state index in [1.807, 2.05) is 0 Å². The molecule has 1 fully saturated rings. The Morgan fingerprint density at radius 3 is 2.65 bits per heavy atom. The molecule has 2 heterocycles. The summed E-state index contributed by atoms with van der Waals surface area (Å²) in [4.78, 5) is 11.5. The molecule has 4 rings (SSSR count). The number of fused-ring (bicyclic) bond motifs is 1. The van der Waals surface area contributed by atoms with Gasteiger partial charge < -0.3 is 9.88 Å². The number of benzene rings is 1. The summed E-state index contributed by atoms with van der Waals surface area (Å²) in [6.07, 6.45) is -1.44. The zero-order chi connectivity index (χ0) is 18.5. The largest absolute Gasteiger partial charge is 0.451 e. The van der Waals surface area contributed by atoms with Gasteiger partial charge in [-0.05, 0) is 24.5 Å². The van der Waals surface area contributed by atoms with E-state index in [-0.39, 0.29) is 24.1 Å². The first kappa shape index (κ1) is 17.4. The fourth-order valence-corrected chi connectivity index (χ4v) is 2.94. The van der Waals surface area contributed by atoms with Gasteiger partial charge >= 0.3 is 6.18 Å². The maximum absolute atomic E-state index is 13.2. The molecule has 2 aromatic heterocycles. The van der Waals surface area contributed by atoms with E-state index in [2.05, 4.69) is 20.3 Å². The third kappa shape index (κ3) is 3.31. The molecule has 0 saturated heterocycles. The van der Waals surface area contributed by atoms with Crippen LogP contribution >= 0.6 is 23.2 Å². The molecule has 3 aromatic rings. The van der Waals surface area contributed by atoms with Gasteiger partial charge in [-0.1, -0.05) is 35.3 Å². The van der Waals surface area contributed by atoms with Gasteiger partial charge in [-0.3, -0.25) is 0 Å². The first-order chi connectivity index (χ1) is 12.3. The molecule has 0 atom stereocenters. The van der Waals surface area contributed by atoms with Gasteiger partial charge in [-0.2, -0.15) is 13.2 Å². The molecule has 0 amide bonds. The van der Waals surface area contributed by atoms with Crippen LogP contribution in [0.4, 0.5) is 19.0 Å². The maximum Gasteiger partial charge on any atom is 0.451 e. The third-order valence-corrected chi connectivity index (χ3v) is 4.87. The van der Waals surface area contributed by atoms with Crippen molar-refractivity contribution in [1.82, 2.24) is 19.5 Å². The molecule has 1 aliphatic rings. The van der Waals surface area contributed by atoms with Gasteiger partial charge in [0, 0.05) is 6.04 Å². The van der Waals surface area contributed by atoms with Gasteiger partial charge in [0.2, 0.25) is 5.82 Å². The van der Waals surface area contributed by atoms with Crippen molar-refractivity contribution in [3.8, 4) is 0 Å². The maximum atomic E-state index is 13.2. The molecule has 1 N–H and O–H groups in total. The Hall–Kier alpha value is -2.06. The van der Waals surface area contributed by atoms with Crippen LogP contribution in [0.1, 0.15) is 24.2 Å². The Bertz CT molecular complexity index is 982. The van der Waals surface area contributed by atoms with Crippen LogP contribution in [0, 0.1) is 0 Å². The van der Waals surface area contributed by atoms with Crippen LogP contribution in [0.3, 0.4) is 0 Å². The summed E-state index contributed by atoms with van der Waals surface area (Å²) in [5.74, 6) is -1.10. The van der Waals surface area contributed by atoms with Crippen molar-refractivity contribution in [1.29, 1.82) is 0 Å². The van der Waals surface area contributed by atoms with E-state index in [4.69, 9.17) is 23.2 Å². The summed E-state index contributed by atoms with van der Waals surface area (Å²) >= 11 is 12.2. The minimum Gasteiger partial charge on any atom is -0.365 e. The molecule has 0 spiro atoms. The van der Waals surface area contributed by atoms with Crippen LogP contribution in [-0.4, -0.2) is 25.6 Å². The van der Waals surface area contributed by atoms with E-state index in [9.17, 15) is 13.2 Å². The summed E-state index contributed by atoms with van der Waals surface area (Å²) in [7, 11) is 0. The Balaban J connectivity index is 1.81. The third-order valence-electron chi connectivity index (χ3n) is 4.01. The fraction of sp³-hybridized carbons (Fsp3) is 0.312. The number of hydrogen-bond donors (Lipinski definition) is 1. The van der Waals surface area contributed by atoms with E-state index in [0.717, 1.165) is 12.8 Å². The molecule has 0 radical (unpaired) electrons. The van der Waals surface area contributed by atoms with Crippen LogP contribution in [0.2, 0.25) is 10.0 Å². The molecule has 10 heteroatoms. The first-order valence-electron chi connectivity index (χ1n) is 7.82. The molecule has 1 aliphatic carbocycles. The summed E-state index contributed by atoms with van der Waals surface area (Å²) in [5.41, 5.74) is 1.04. The zero-order valence-corrected chi connectivity index (χ0v) is 14.7. The number of nitrogens with zero attached hydrogens (tertiary/aromatic N) is 4. The number of anilines is 1. The average molecular weight is 402 g/mol. The monoisotopic (exact) mass is 401 g/mol. The highest BCUT2D eigenvalue weighted by atomic mass is 35.5. The van der Waals surface area contributed by atoms with E-state index < -0.39 is 12.0 Å². The van der Waals surface area contributed by atoms with E-state index in [0.29, 0.717) is 21.1 Å². The Morgan fingerprint density at radius 2 is 1.96 bits per heavy atom. The lowest BCUT2D eigenvalue weighted by atomic mass is 10.2. The second-order valence-electron chi connectivity index (χ2n) is 6.07. The number of nitrogens with one attached hydrogen (secondary N) is 1. The SMILES string of the molecule is FC(F)(F)c1nc(NC2CC2)c2ncn(Cc3cccc(Cl)c3Cl)c2n1. The lowest BCUT2D eigenvalue weighted by Gasteiger charge is -2.11. The van der Waals surface area contributed by atoms with Crippen molar-refractivity contribution in [2.75, 3.05) is 5.32 Å². The van der Waals surface area contributed by atoms with Crippen LogP contribution < -0.4 is 5.32 Å². The molecule has 136 valence electrons. The van der Waals surface area contributed by atoms with Crippen molar-refractivity contribution in [2.45, 2.75) is 31.6 Å². The predicted octanol–water partition coefficient (Wildman–Crippen LogP) is 4.77. The number of aromatic nitrogens is 4. The zero-order valence-electron chi connectivity index (χ0n) is 13.2. The summed E-state index contributed by atoms with van der Waals surface area (Å²) in [5, 5.41) is 3.71. The van der Waals surface area contributed by atoms with Gasteiger partial charge in [0.05, 0.1) is 22.9 Å². The Kier molecular flexibility index (Phi) is 4.19. The number of halogens is 5. The topological polar surface area (TPSA) is 55.6 Å². The molecule has 1 aromatic carbocycles. The highest BCUT2D eigenvalue weighted by molar-refractivity contribution is 6.42. The van der Waals surface area contributed by atoms with Crippen molar-refractivity contribution in [3.05, 3.63) is 46.0 Å². The number of rotatable bonds is 4. The number of imidazole rings is 1. The molecule has 26 heavy (non-hydrogen) atoms. The minimum absolute atomic E-state index is 0.0894. The van der Waals surface area contributed by atoms with E-state index >= 15 is 0 Å². The minimum atomic E-state index is -4.66. The predicted molar refractivity (Wildman–Crippen MR) is 92.5 cm³/mol. The lowest BCUT2D eigenvalue weighted by molar-refractivity contribution is -0.144. The molecule has 1 saturated carbocycles. The normalized spacial score (nSPS) is 14.8. The second-order valence-corrected chi connectivity index (χ2v) is 6.85. The van der Waals surface area contributed by atoms with Gasteiger partial charge in [-0.15, -0.1) is 0 Å². The summed E-state index contributed by atoms with van der Waals surface area (Å²) < 4.78 is 41.1. The number of hydrogen-bond acceptors (Lipinski definition) is 4. The highest BCUT2D eigenvalue weighted by Gasteiger charge is 2.37. The quantitative estimate of drug-likeness (QED) is 0.683. The number of alkyl halides is 3. The molecule has 0 bridgehead atoms. The molecular weight excluding hydrogens is 390 g/mol. The Morgan fingerprint density at radius 1 is 1.19 bits per heavy atom. The molecule has 0 unspecified atom stereocenters. The van der Waals surface area contributed by atoms with Crippen LogP contribution in [-0.2, 0) is 12.7 Å². The first-order valence-corrected chi connectivity index (χ1v) is 8.58. The van der Waals surface area contributed by atoms with Crippen LogP contribution in [0.15, 0.2) is 24.5 Å². The van der Waals surface area contributed by atoms with Crippen LogP contribution in [0.25, 0.3) is 11.2 Å². The lowest BCUT2D eigenvalue weighted by Crippen LogP contribution is -2.15. The van der Waals surface area contributed by atoms with Crippen molar-refractivity contribution in [3.63, 3.8) is 0 Å². The molecule has 0 aliphatic heterocycles. The second kappa shape index (κ2) is 6.28. The van der Waals surface area contributed by atoms with Crippen molar-refractivity contribution < 1.29 is 13.2 Å². The molecular formula is C16H12Cl2F3N5.